The maximum Gasteiger partial charge on any atom is 0.407 e. The van der Waals surface area contributed by atoms with Gasteiger partial charge in [-0.25, -0.2) is 4.79 Å². The third-order valence-electron chi connectivity index (χ3n) is 7.03. The molecule has 0 aromatic heterocycles. The van der Waals surface area contributed by atoms with Crippen LogP contribution in [0.1, 0.15) is 33.6 Å². The molecule has 1 amide bonds. The monoisotopic (exact) mass is 567 g/mol. The normalized spacial score (nSPS) is 45.5. The number of hydrogen-bond donors (Lipinski definition) is 10. The minimum absolute atomic E-state index is 0.0771. The van der Waals surface area contributed by atoms with Gasteiger partial charge in [0.15, 0.2) is 12.6 Å². The van der Waals surface area contributed by atoms with E-state index in [1.54, 1.807) is 20.8 Å². The topological polar surface area (TPSA) is 280 Å². The lowest BCUT2D eigenvalue weighted by atomic mass is 9.84. The van der Waals surface area contributed by atoms with Crippen LogP contribution >= 0.6 is 0 Å². The molecule has 2 heterocycles. The van der Waals surface area contributed by atoms with Gasteiger partial charge in [0.2, 0.25) is 0 Å². The zero-order chi connectivity index (χ0) is 29.2. The van der Waals surface area contributed by atoms with E-state index in [0.717, 1.165) is 0 Å². The fourth-order valence-corrected chi connectivity index (χ4v) is 4.90. The van der Waals surface area contributed by atoms with Crippen molar-refractivity contribution in [3.05, 3.63) is 0 Å². The predicted octanol–water partition coefficient (Wildman–Crippen LogP) is -4.73. The summed E-state index contributed by atoms with van der Waals surface area (Å²) in [5, 5.41) is 54.1. The molecule has 39 heavy (non-hydrogen) atoms. The van der Waals surface area contributed by atoms with Crippen LogP contribution in [0.25, 0.3) is 0 Å². The third kappa shape index (κ3) is 7.94. The smallest absolute Gasteiger partial charge is 0.407 e. The quantitative estimate of drug-likeness (QED) is 0.138. The van der Waals surface area contributed by atoms with Crippen molar-refractivity contribution in [3.63, 3.8) is 0 Å². The van der Waals surface area contributed by atoms with Gasteiger partial charge in [-0.1, -0.05) is 0 Å². The number of nitrogens with one attached hydrogen (secondary N) is 1. The summed E-state index contributed by atoms with van der Waals surface area (Å²) in [6.45, 7) is 4.48. The van der Waals surface area contributed by atoms with Gasteiger partial charge in [-0.3, -0.25) is 0 Å². The zero-order valence-electron chi connectivity index (χ0n) is 22.4. The molecule has 0 bridgehead atoms. The van der Waals surface area contributed by atoms with Crippen LogP contribution in [0, 0.1) is 0 Å². The van der Waals surface area contributed by atoms with Gasteiger partial charge in [0, 0.05) is 18.6 Å². The molecule has 0 aromatic carbocycles. The Morgan fingerprint density at radius 3 is 1.97 bits per heavy atom. The summed E-state index contributed by atoms with van der Waals surface area (Å²) in [6.07, 6.45) is -12.5. The van der Waals surface area contributed by atoms with E-state index in [2.05, 4.69) is 5.32 Å². The van der Waals surface area contributed by atoms with Crippen molar-refractivity contribution in [2.24, 2.45) is 22.9 Å². The second kappa shape index (κ2) is 13.2. The van der Waals surface area contributed by atoms with E-state index in [9.17, 15) is 30.3 Å². The lowest BCUT2D eigenvalue weighted by Crippen LogP contribution is -2.68. The summed E-state index contributed by atoms with van der Waals surface area (Å²) in [5.74, 6) is 0. The number of aliphatic hydroxyl groups is 5. The fourth-order valence-electron chi connectivity index (χ4n) is 4.90. The first-order valence-electron chi connectivity index (χ1n) is 13.1. The highest BCUT2D eigenvalue weighted by Crippen LogP contribution is 2.30. The molecule has 1 saturated carbocycles. The highest BCUT2D eigenvalue weighted by Gasteiger charge is 2.50. The molecular formula is C23H45N5O11. The van der Waals surface area contributed by atoms with Gasteiger partial charge in [0.05, 0.1) is 24.8 Å². The van der Waals surface area contributed by atoms with Crippen molar-refractivity contribution in [1.29, 1.82) is 0 Å². The lowest BCUT2D eigenvalue weighted by molar-refractivity contribution is -0.315. The number of rotatable bonds is 7. The lowest BCUT2D eigenvalue weighted by Gasteiger charge is -2.47. The maximum absolute atomic E-state index is 12.0. The van der Waals surface area contributed by atoms with Gasteiger partial charge < -0.3 is 77.5 Å². The van der Waals surface area contributed by atoms with Gasteiger partial charge in [-0.05, 0) is 33.6 Å². The molecule has 14 atom stereocenters. The standard InChI is InChI=1S/C23H45N5O11/c1-23(2,3)39-22(34)28-6-12-11(30)5-10(26)20(35-12)37-18-8(24)4-9(25)19(17(18)33)38-21-16(32)14(27)15(31)13(7-29)36-21/h8-21,29-33H,4-7,24-27H2,1-3H3,(H,28,34)/t8?,9-,10?,11+,12?,13-,14-,15?,16-,17+,18-,19?,20-,21?/m1/s1. The summed E-state index contributed by atoms with van der Waals surface area (Å²) < 4.78 is 28.3. The van der Waals surface area contributed by atoms with E-state index in [-0.39, 0.29) is 19.4 Å². The van der Waals surface area contributed by atoms with Crippen LogP contribution in [0.2, 0.25) is 0 Å². The molecule has 16 nitrogen and oxygen atoms in total. The molecule has 2 saturated heterocycles. The average molecular weight is 568 g/mol. The Morgan fingerprint density at radius 1 is 0.846 bits per heavy atom. The van der Waals surface area contributed by atoms with Crippen LogP contribution in [0.4, 0.5) is 4.79 Å². The summed E-state index contributed by atoms with van der Waals surface area (Å²) in [5.41, 5.74) is 23.7. The summed E-state index contributed by atoms with van der Waals surface area (Å²) in [7, 11) is 0. The van der Waals surface area contributed by atoms with Crippen molar-refractivity contribution in [2.75, 3.05) is 13.2 Å². The van der Waals surface area contributed by atoms with Gasteiger partial charge >= 0.3 is 6.09 Å². The molecule has 0 aromatic rings. The highest BCUT2D eigenvalue weighted by molar-refractivity contribution is 5.67. The second-order valence-electron chi connectivity index (χ2n) is 11.4. The molecular weight excluding hydrogens is 522 g/mol. The number of hydrogen-bond acceptors (Lipinski definition) is 15. The average Bonchev–Trinajstić information content (AvgIpc) is 2.83. The van der Waals surface area contributed by atoms with Crippen molar-refractivity contribution in [1.82, 2.24) is 5.32 Å². The van der Waals surface area contributed by atoms with Gasteiger partial charge in [0.1, 0.15) is 48.3 Å². The van der Waals surface area contributed by atoms with Gasteiger partial charge in [0.25, 0.3) is 0 Å². The van der Waals surface area contributed by atoms with Crippen LogP contribution in [-0.4, -0.2) is 136 Å². The first-order valence-corrected chi connectivity index (χ1v) is 13.1. The maximum atomic E-state index is 12.0. The number of carbonyl (C=O) groups excluding carboxylic acids is 1. The first kappa shape index (κ1) is 32.3. The molecule has 0 spiro atoms. The number of nitrogens with two attached hydrogens (primary N) is 4. The molecule has 1 aliphatic carbocycles. The summed E-state index contributed by atoms with van der Waals surface area (Å²) in [6, 6.07) is -3.53. The molecule has 0 radical (unpaired) electrons. The van der Waals surface area contributed by atoms with Gasteiger partial charge in [-0.15, -0.1) is 0 Å². The number of aliphatic hydroxyl groups excluding tert-OH is 5. The zero-order valence-corrected chi connectivity index (χ0v) is 22.4. The Hall–Kier alpha value is -1.25. The van der Waals surface area contributed by atoms with Gasteiger partial charge in [-0.2, -0.15) is 0 Å². The van der Waals surface area contributed by atoms with Crippen LogP contribution < -0.4 is 28.3 Å². The van der Waals surface area contributed by atoms with Crippen LogP contribution in [-0.2, 0) is 23.7 Å². The van der Waals surface area contributed by atoms with Crippen LogP contribution in [0.5, 0.6) is 0 Å². The van der Waals surface area contributed by atoms with E-state index in [1.807, 2.05) is 0 Å². The SMILES string of the molecule is CC(C)(C)OC(=O)NCC1O[C@H](O[C@@H]2C(N)C[C@@H](N)C(OC3O[C@H](CO)C(O)[C@@H](N)[C@H]3O)[C@H]2O)C(N)C[C@@H]1O. The van der Waals surface area contributed by atoms with Crippen LogP contribution in [0.3, 0.4) is 0 Å². The fraction of sp³-hybridized carbons (Fsp3) is 0.957. The molecule has 6 unspecified atom stereocenters. The van der Waals surface area contributed by atoms with E-state index in [0.29, 0.717) is 0 Å². The highest BCUT2D eigenvalue weighted by atomic mass is 16.7. The van der Waals surface area contributed by atoms with E-state index in [4.69, 9.17) is 46.6 Å². The molecule has 3 rings (SSSR count). The number of alkyl carbamates (subject to hydrolysis) is 1. The minimum Gasteiger partial charge on any atom is -0.444 e. The Morgan fingerprint density at radius 2 is 1.41 bits per heavy atom. The number of carbonyl (C=O) groups is 1. The molecule has 16 heteroatoms. The van der Waals surface area contributed by atoms with Crippen molar-refractivity contribution >= 4 is 6.09 Å². The van der Waals surface area contributed by atoms with Crippen LogP contribution in [0.15, 0.2) is 0 Å². The Kier molecular flexibility index (Phi) is 10.9. The first-order chi connectivity index (χ1) is 18.1. The molecule has 3 aliphatic rings. The van der Waals surface area contributed by atoms with Crippen molar-refractivity contribution in [2.45, 2.75) is 125 Å². The van der Waals surface area contributed by atoms with E-state index >= 15 is 0 Å². The van der Waals surface area contributed by atoms with Crippen molar-refractivity contribution < 1.29 is 54.0 Å². The largest absolute Gasteiger partial charge is 0.444 e. The number of amides is 1. The molecule has 2 aliphatic heterocycles. The summed E-state index contributed by atoms with van der Waals surface area (Å²) in [4.78, 5) is 12.0. The van der Waals surface area contributed by atoms with E-state index in [1.165, 1.54) is 0 Å². The minimum atomic E-state index is -1.48. The second-order valence-corrected chi connectivity index (χ2v) is 11.4. The molecule has 3 fully saturated rings. The number of ether oxygens (including phenoxy) is 5. The molecule has 14 N–H and O–H groups in total. The van der Waals surface area contributed by atoms with Crippen molar-refractivity contribution in [3.8, 4) is 0 Å². The Labute approximate surface area is 226 Å². The molecule has 228 valence electrons. The predicted molar refractivity (Wildman–Crippen MR) is 134 cm³/mol. The summed E-state index contributed by atoms with van der Waals surface area (Å²) >= 11 is 0. The Balaban J connectivity index is 1.65. The Bertz CT molecular complexity index is 805. The van der Waals surface area contributed by atoms with E-state index < -0.39 is 104 Å². The third-order valence-corrected chi connectivity index (χ3v) is 7.03.